The summed E-state index contributed by atoms with van der Waals surface area (Å²) >= 11 is 11.9. The Kier molecular flexibility index (Phi) is 4.26. The van der Waals surface area contributed by atoms with Crippen molar-refractivity contribution in [2.24, 2.45) is 5.11 Å². The van der Waals surface area contributed by atoms with Crippen LogP contribution >= 0.6 is 23.2 Å². The van der Waals surface area contributed by atoms with Crippen molar-refractivity contribution in [2.75, 3.05) is 4.90 Å². The maximum absolute atomic E-state index is 12.4. The van der Waals surface area contributed by atoms with Crippen molar-refractivity contribution < 1.29 is 4.79 Å². The molecule has 0 radical (unpaired) electrons. The number of azide groups is 1. The van der Waals surface area contributed by atoms with Crippen molar-refractivity contribution in [3.63, 3.8) is 0 Å². The van der Waals surface area contributed by atoms with Gasteiger partial charge in [-0.25, -0.2) is 0 Å². The molecule has 1 heterocycles. The lowest BCUT2D eigenvalue weighted by atomic mass is 10.0. The molecule has 0 fully saturated rings. The van der Waals surface area contributed by atoms with E-state index in [4.69, 9.17) is 28.7 Å². The van der Waals surface area contributed by atoms with Crippen LogP contribution in [0.15, 0.2) is 59.7 Å². The van der Waals surface area contributed by atoms with Crippen molar-refractivity contribution in [3.05, 3.63) is 80.7 Å². The van der Waals surface area contributed by atoms with Crippen molar-refractivity contribution >= 4 is 40.4 Å². The standard InChI is InChI=1S/C16H10Cl2N4O/c17-13-7-6-11(8-14(13)18)22-15(23)9-12(16(22)20-21-19)10-4-2-1-3-5-10/h1-9,16H. The maximum Gasteiger partial charge on any atom is 0.252 e. The summed E-state index contributed by atoms with van der Waals surface area (Å²) in [5, 5.41) is 4.49. The molecule has 1 aliphatic rings. The molecule has 2 aromatic rings. The van der Waals surface area contributed by atoms with Gasteiger partial charge in [-0.3, -0.25) is 9.69 Å². The quantitative estimate of drug-likeness (QED) is 0.435. The topological polar surface area (TPSA) is 69.1 Å². The number of benzene rings is 2. The molecule has 23 heavy (non-hydrogen) atoms. The Labute approximate surface area is 142 Å². The zero-order chi connectivity index (χ0) is 16.4. The third-order valence-electron chi connectivity index (χ3n) is 3.49. The Morgan fingerprint density at radius 3 is 2.48 bits per heavy atom. The molecule has 5 nitrogen and oxygen atoms in total. The lowest BCUT2D eigenvalue weighted by molar-refractivity contribution is -0.113. The zero-order valence-electron chi connectivity index (χ0n) is 11.7. The van der Waals surface area contributed by atoms with Crippen LogP contribution in [0, 0.1) is 0 Å². The van der Waals surface area contributed by atoms with Gasteiger partial charge in [0.1, 0.15) is 6.17 Å². The molecule has 1 amide bonds. The van der Waals surface area contributed by atoms with Crippen LogP contribution in [0.3, 0.4) is 0 Å². The van der Waals surface area contributed by atoms with Gasteiger partial charge in [-0.1, -0.05) is 58.6 Å². The van der Waals surface area contributed by atoms with E-state index in [1.54, 1.807) is 18.2 Å². The molecule has 0 saturated carbocycles. The number of carbonyl (C=O) groups is 1. The van der Waals surface area contributed by atoms with Crippen LogP contribution in [0.4, 0.5) is 5.69 Å². The van der Waals surface area contributed by atoms with Gasteiger partial charge in [0.05, 0.1) is 10.0 Å². The number of nitrogens with zero attached hydrogens (tertiary/aromatic N) is 4. The summed E-state index contributed by atoms with van der Waals surface area (Å²) in [7, 11) is 0. The summed E-state index contributed by atoms with van der Waals surface area (Å²) < 4.78 is 0. The van der Waals surface area contributed by atoms with Crippen molar-refractivity contribution in [1.82, 2.24) is 0 Å². The molecular weight excluding hydrogens is 335 g/mol. The van der Waals surface area contributed by atoms with Gasteiger partial charge >= 0.3 is 0 Å². The number of hydrogen-bond acceptors (Lipinski definition) is 2. The number of anilines is 1. The Bertz CT molecular complexity index is 844. The molecule has 0 aromatic heterocycles. The van der Waals surface area contributed by atoms with E-state index in [1.807, 2.05) is 30.3 Å². The highest BCUT2D eigenvalue weighted by molar-refractivity contribution is 6.42. The van der Waals surface area contributed by atoms with E-state index in [0.29, 0.717) is 21.3 Å². The molecule has 7 heteroatoms. The van der Waals surface area contributed by atoms with Gasteiger partial charge in [-0.05, 0) is 34.9 Å². The molecule has 0 saturated heterocycles. The molecule has 114 valence electrons. The number of carbonyl (C=O) groups excluding carboxylic acids is 1. The molecule has 0 spiro atoms. The largest absolute Gasteiger partial charge is 0.295 e. The molecule has 0 bridgehead atoms. The highest BCUT2D eigenvalue weighted by Gasteiger charge is 2.34. The molecule has 1 unspecified atom stereocenters. The van der Waals surface area contributed by atoms with Crippen LogP contribution in [0.25, 0.3) is 16.0 Å². The SMILES string of the molecule is [N-]=[N+]=NC1C(c2ccccc2)=CC(=O)N1c1ccc(Cl)c(Cl)c1. The first kappa shape index (κ1) is 15.4. The van der Waals surface area contributed by atoms with Crippen LogP contribution in [-0.2, 0) is 4.79 Å². The number of halogens is 2. The molecule has 3 rings (SSSR count). The summed E-state index contributed by atoms with van der Waals surface area (Å²) in [5.74, 6) is -0.278. The molecule has 1 atom stereocenters. The van der Waals surface area contributed by atoms with Gasteiger partial charge in [0.25, 0.3) is 5.91 Å². The Hall–Kier alpha value is -2.46. The van der Waals surface area contributed by atoms with E-state index in [-0.39, 0.29) is 5.91 Å². The van der Waals surface area contributed by atoms with Crippen LogP contribution in [0.5, 0.6) is 0 Å². The highest BCUT2D eigenvalue weighted by atomic mass is 35.5. The lowest BCUT2D eigenvalue weighted by Crippen LogP contribution is -2.33. The zero-order valence-corrected chi connectivity index (χ0v) is 13.2. The summed E-state index contributed by atoms with van der Waals surface area (Å²) in [6.45, 7) is 0. The van der Waals surface area contributed by atoms with Gasteiger partial charge in [0.2, 0.25) is 0 Å². The van der Waals surface area contributed by atoms with Crippen LogP contribution in [0.2, 0.25) is 10.0 Å². The van der Waals surface area contributed by atoms with Gasteiger partial charge < -0.3 is 0 Å². The predicted molar refractivity (Wildman–Crippen MR) is 91.3 cm³/mol. The van der Waals surface area contributed by atoms with Gasteiger partial charge in [-0.15, -0.1) is 0 Å². The summed E-state index contributed by atoms with van der Waals surface area (Å²) in [4.78, 5) is 16.7. The lowest BCUT2D eigenvalue weighted by Gasteiger charge is -2.24. The first-order valence-electron chi connectivity index (χ1n) is 6.71. The number of hydrogen-bond donors (Lipinski definition) is 0. The molecule has 2 aromatic carbocycles. The Balaban J connectivity index is 2.07. The number of rotatable bonds is 3. The van der Waals surface area contributed by atoms with Crippen LogP contribution in [-0.4, -0.2) is 12.1 Å². The van der Waals surface area contributed by atoms with E-state index in [0.717, 1.165) is 5.56 Å². The Morgan fingerprint density at radius 2 is 1.83 bits per heavy atom. The fourth-order valence-corrected chi connectivity index (χ4v) is 2.76. The molecular formula is C16H10Cl2N4O. The van der Waals surface area contributed by atoms with E-state index in [9.17, 15) is 4.79 Å². The monoisotopic (exact) mass is 344 g/mol. The smallest absolute Gasteiger partial charge is 0.252 e. The van der Waals surface area contributed by atoms with E-state index >= 15 is 0 Å². The van der Waals surface area contributed by atoms with E-state index in [2.05, 4.69) is 10.0 Å². The highest BCUT2D eigenvalue weighted by Crippen LogP contribution is 2.36. The fourth-order valence-electron chi connectivity index (χ4n) is 2.47. The maximum atomic E-state index is 12.4. The second kappa shape index (κ2) is 6.34. The van der Waals surface area contributed by atoms with Gasteiger partial charge in [0, 0.05) is 16.7 Å². The molecule has 0 N–H and O–H groups in total. The second-order valence-corrected chi connectivity index (χ2v) is 5.67. The minimum atomic E-state index is -0.771. The first-order valence-corrected chi connectivity index (χ1v) is 7.47. The third-order valence-corrected chi connectivity index (χ3v) is 4.23. The minimum Gasteiger partial charge on any atom is -0.295 e. The summed E-state index contributed by atoms with van der Waals surface area (Å²) in [5.41, 5.74) is 10.9. The fraction of sp³-hybridized carbons (Fsp3) is 0.0625. The van der Waals surface area contributed by atoms with E-state index < -0.39 is 6.17 Å². The summed E-state index contributed by atoms with van der Waals surface area (Å²) in [6, 6.07) is 14.1. The molecule has 0 aliphatic carbocycles. The average Bonchev–Trinajstić information content (AvgIpc) is 2.88. The molecule has 1 aliphatic heterocycles. The minimum absolute atomic E-state index is 0.278. The normalized spacial score (nSPS) is 17.0. The number of amides is 1. The van der Waals surface area contributed by atoms with Crippen LogP contribution < -0.4 is 4.90 Å². The van der Waals surface area contributed by atoms with Crippen molar-refractivity contribution in [3.8, 4) is 0 Å². The van der Waals surface area contributed by atoms with E-state index in [1.165, 1.54) is 11.0 Å². The average molecular weight is 345 g/mol. The summed E-state index contributed by atoms with van der Waals surface area (Å²) in [6.07, 6.45) is 0.698. The third kappa shape index (κ3) is 2.90. The van der Waals surface area contributed by atoms with Crippen molar-refractivity contribution in [1.29, 1.82) is 0 Å². The van der Waals surface area contributed by atoms with Crippen LogP contribution in [0.1, 0.15) is 5.56 Å². The van der Waals surface area contributed by atoms with Crippen molar-refractivity contribution in [2.45, 2.75) is 6.17 Å². The second-order valence-electron chi connectivity index (χ2n) is 4.85. The van der Waals surface area contributed by atoms with Gasteiger partial charge in [-0.2, -0.15) is 0 Å². The Morgan fingerprint density at radius 1 is 1.09 bits per heavy atom. The first-order chi connectivity index (χ1) is 11.1. The predicted octanol–water partition coefficient (Wildman–Crippen LogP) is 5.06. The van der Waals surface area contributed by atoms with Gasteiger partial charge in [0.15, 0.2) is 0 Å².